The third kappa shape index (κ3) is 4.77. The van der Waals surface area contributed by atoms with E-state index in [2.05, 4.69) is 29.6 Å². The van der Waals surface area contributed by atoms with E-state index in [0.29, 0.717) is 25.9 Å². The molecule has 1 aliphatic heterocycles. The lowest BCUT2D eigenvalue weighted by molar-refractivity contribution is -0.147. The second kappa shape index (κ2) is 10.1. The Bertz CT molecular complexity index is 1060. The smallest absolute Gasteiger partial charge is 0.407 e. The second-order valence-corrected chi connectivity index (χ2v) is 9.91. The second-order valence-electron chi connectivity index (χ2n) is 9.91. The molecule has 3 aliphatic rings. The average molecular weight is 477 g/mol. The van der Waals surface area contributed by atoms with Gasteiger partial charge in [-0.15, -0.1) is 0 Å². The van der Waals surface area contributed by atoms with E-state index in [1.165, 1.54) is 11.1 Å². The molecular weight excluding hydrogens is 444 g/mol. The van der Waals surface area contributed by atoms with Crippen molar-refractivity contribution < 1.29 is 24.2 Å². The third-order valence-electron chi connectivity index (χ3n) is 7.89. The SMILES string of the molecule is O=C(N[C@H]1CCCC[C@H]1C(=O)N1CCC(C(=O)O)CC1)OCC1c2ccccc2-c2ccccc21. The Kier molecular flexibility index (Phi) is 6.75. The van der Waals surface area contributed by atoms with Crippen LogP contribution < -0.4 is 5.32 Å². The predicted molar refractivity (Wildman–Crippen MR) is 131 cm³/mol. The number of piperidine rings is 1. The van der Waals surface area contributed by atoms with Gasteiger partial charge in [-0.3, -0.25) is 9.59 Å². The quantitative estimate of drug-likeness (QED) is 0.667. The van der Waals surface area contributed by atoms with Crippen molar-refractivity contribution in [3.63, 3.8) is 0 Å². The van der Waals surface area contributed by atoms with Crippen molar-refractivity contribution in [1.29, 1.82) is 0 Å². The van der Waals surface area contributed by atoms with Crippen LogP contribution in [0.3, 0.4) is 0 Å². The standard InChI is InChI=1S/C28H32N2O5/c31-26(30-15-13-18(14-16-30)27(32)33)23-11-5-6-12-25(23)29-28(34)35-17-24-21-9-3-1-7-19(21)20-8-2-4-10-22(20)24/h1-4,7-10,18,23-25H,5-6,11-17H2,(H,29,34)(H,32,33)/t23-,25+/m1/s1. The number of hydrogen-bond acceptors (Lipinski definition) is 4. The maximum Gasteiger partial charge on any atom is 0.407 e. The first kappa shape index (κ1) is 23.4. The summed E-state index contributed by atoms with van der Waals surface area (Å²) in [7, 11) is 0. The van der Waals surface area contributed by atoms with Crippen LogP contribution >= 0.6 is 0 Å². The number of amides is 2. The van der Waals surface area contributed by atoms with Gasteiger partial charge in [0.05, 0.1) is 11.8 Å². The van der Waals surface area contributed by atoms with E-state index in [1.54, 1.807) is 4.90 Å². The van der Waals surface area contributed by atoms with Gasteiger partial charge in [0.15, 0.2) is 0 Å². The van der Waals surface area contributed by atoms with Gasteiger partial charge < -0.3 is 20.1 Å². The number of benzene rings is 2. The van der Waals surface area contributed by atoms with E-state index in [9.17, 15) is 19.5 Å². The van der Waals surface area contributed by atoms with Crippen molar-refractivity contribution in [3.05, 3.63) is 59.7 Å². The summed E-state index contributed by atoms with van der Waals surface area (Å²) in [6.07, 6.45) is 3.86. The summed E-state index contributed by atoms with van der Waals surface area (Å²) >= 11 is 0. The molecule has 2 aliphatic carbocycles. The van der Waals surface area contributed by atoms with Gasteiger partial charge in [-0.2, -0.15) is 0 Å². The molecule has 35 heavy (non-hydrogen) atoms. The van der Waals surface area contributed by atoms with Crippen molar-refractivity contribution in [2.45, 2.75) is 50.5 Å². The average Bonchev–Trinajstić information content (AvgIpc) is 3.21. The molecule has 2 N–H and O–H groups in total. The van der Waals surface area contributed by atoms with E-state index in [0.717, 1.165) is 36.8 Å². The molecule has 0 radical (unpaired) electrons. The first-order valence-electron chi connectivity index (χ1n) is 12.7. The zero-order chi connectivity index (χ0) is 24.4. The number of carboxylic acid groups (broad SMARTS) is 1. The van der Waals surface area contributed by atoms with Crippen LogP contribution in [0.5, 0.6) is 0 Å². The van der Waals surface area contributed by atoms with E-state index in [-0.39, 0.29) is 36.3 Å². The normalized spacial score (nSPS) is 22.2. The summed E-state index contributed by atoms with van der Waals surface area (Å²) in [4.78, 5) is 39.1. The minimum absolute atomic E-state index is 0.00698. The van der Waals surface area contributed by atoms with Crippen LogP contribution in [0.4, 0.5) is 4.79 Å². The summed E-state index contributed by atoms with van der Waals surface area (Å²) in [6.45, 7) is 1.17. The molecule has 5 rings (SSSR count). The maximum absolute atomic E-state index is 13.2. The Balaban J connectivity index is 1.20. The van der Waals surface area contributed by atoms with Crippen molar-refractivity contribution in [2.75, 3.05) is 19.7 Å². The first-order chi connectivity index (χ1) is 17.0. The van der Waals surface area contributed by atoms with Gasteiger partial charge in [0.1, 0.15) is 6.61 Å². The largest absolute Gasteiger partial charge is 0.481 e. The van der Waals surface area contributed by atoms with E-state index >= 15 is 0 Å². The molecule has 7 nitrogen and oxygen atoms in total. The highest BCUT2D eigenvalue weighted by molar-refractivity contribution is 5.81. The highest BCUT2D eigenvalue weighted by atomic mass is 16.5. The highest BCUT2D eigenvalue weighted by Crippen LogP contribution is 2.44. The molecule has 2 atom stereocenters. The zero-order valence-corrected chi connectivity index (χ0v) is 19.8. The van der Waals surface area contributed by atoms with Crippen LogP contribution in [-0.2, 0) is 14.3 Å². The monoisotopic (exact) mass is 476 g/mol. The molecule has 0 spiro atoms. The number of nitrogens with zero attached hydrogens (tertiary/aromatic N) is 1. The van der Waals surface area contributed by atoms with Crippen LogP contribution in [0, 0.1) is 11.8 Å². The predicted octanol–water partition coefficient (Wildman–Crippen LogP) is 4.41. The van der Waals surface area contributed by atoms with Gasteiger partial charge in [-0.1, -0.05) is 61.4 Å². The van der Waals surface area contributed by atoms with Crippen LogP contribution in [0.25, 0.3) is 11.1 Å². The van der Waals surface area contributed by atoms with Crippen LogP contribution in [-0.4, -0.2) is 53.7 Å². The van der Waals surface area contributed by atoms with Crippen molar-refractivity contribution in [3.8, 4) is 11.1 Å². The molecule has 0 bridgehead atoms. The minimum atomic E-state index is -0.787. The van der Waals surface area contributed by atoms with Crippen LogP contribution in [0.2, 0.25) is 0 Å². The molecule has 1 saturated carbocycles. The van der Waals surface area contributed by atoms with Gasteiger partial charge in [-0.05, 0) is 47.9 Å². The molecule has 0 unspecified atom stereocenters. The number of fused-ring (bicyclic) bond motifs is 3. The van der Waals surface area contributed by atoms with Gasteiger partial charge in [-0.25, -0.2) is 4.79 Å². The Morgan fingerprint density at radius 3 is 2.11 bits per heavy atom. The number of nitrogens with one attached hydrogen (secondary N) is 1. The van der Waals surface area contributed by atoms with E-state index in [4.69, 9.17) is 4.74 Å². The summed E-state index contributed by atoms with van der Waals surface area (Å²) in [6, 6.07) is 16.2. The maximum atomic E-state index is 13.2. The summed E-state index contributed by atoms with van der Waals surface area (Å²) in [5.74, 6) is -1.43. The molecule has 184 valence electrons. The Hall–Kier alpha value is -3.35. The fourth-order valence-corrected chi connectivity index (χ4v) is 5.97. The lowest BCUT2D eigenvalue weighted by atomic mass is 9.83. The molecule has 2 aromatic carbocycles. The summed E-state index contributed by atoms with van der Waals surface area (Å²) < 4.78 is 5.72. The molecule has 7 heteroatoms. The topological polar surface area (TPSA) is 95.9 Å². The lowest BCUT2D eigenvalue weighted by Gasteiger charge is -2.37. The Labute approximate surface area is 205 Å². The van der Waals surface area contributed by atoms with Gasteiger partial charge >= 0.3 is 12.1 Å². The minimum Gasteiger partial charge on any atom is -0.481 e. The molecule has 1 heterocycles. The number of carbonyl (C=O) groups excluding carboxylic acids is 2. The third-order valence-corrected chi connectivity index (χ3v) is 7.89. The highest BCUT2D eigenvalue weighted by Gasteiger charge is 2.37. The lowest BCUT2D eigenvalue weighted by Crippen LogP contribution is -2.51. The number of alkyl carbamates (subject to hydrolysis) is 1. The van der Waals surface area contributed by atoms with Crippen LogP contribution in [0.1, 0.15) is 55.6 Å². The molecule has 2 fully saturated rings. The molecule has 0 aromatic heterocycles. The number of carbonyl (C=O) groups is 3. The zero-order valence-electron chi connectivity index (χ0n) is 19.8. The number of rotatable bonds is 5. The molecule has 2 aromatic rings. The van der Waals surface area contributed by atoms with Crippen LogP contribution in [0.15, 0.2) is 48.5 Å². The van der Waals surface area contributed by atoms with E-state index in [1.807, 2.05) is 24.3 Å². The number of hydrogen-bond donors (Lipinski definition) is 2. The molecule has 2 amide bonds. The van der Waals surface area contributed by atoms with Gasteiger partial charge in [0, 0.05) is 25.0 Å². The van der Waals surface area contributed by atoms with E-state index < -0.39 is 12.1 Å². The fourth-order valence-electron chi connectivity index (χ4n) is 5.97. The van der Waals surface area contributed by atoms with Gasteiger partial charge in [0.2, 0.25) is 5.91 Å². The fraction of sp³-hybridized carbons (Fsp3) is 0.464. The van der Waals surface area contributed by atoms with Crippen molar-refractivity contribution in [2.24, 2.45) is 11.8 Å². The molecule has 1 saturated heterocycles. The summed E-state index contributed by atoms with van der Waals surface area (Å²) in [5, 5.41) is 12.2. The van der Waals surface area contributed by atoms with Crippen molar-refractivity contribution in [1.82, 2.24) is 10.2 Å². The molecular formula is C28H32N2O5. The van der Waals surface area contributed by atoms with Gasteiger partial charge in [0.25, 0.3) is 0 Å². The number of carboxylic acids is 1. The number of likely N-dealkylation sites (tertiary alicyclic amines) is 1. The first-order valence-corrected chi connectivity index (χ1v) is 12.7. The number of aliphatic carboxylic acids is 1. The number of ether oxygens (including phenoxy) is 1. The summed E-state index contributed by atoms with van der Waals surface area (Å²) in [5.41, 5.74) is 4.69. The van der Waals surface area contributed by atoms with Crippen molar-refractivity contribution >= 4 is 18.0 Å². The Morgan fingerprint density at radius 1 is 0.886 bits per heavy atom. The Morgan fingerprint density at radius 2 is 1.49 bits per heavy atom.